The Labute approximate surface area is 178 Å². The van der Waals surface area contributed by atoms with Crippen molar-refractivity contribution in [1.82, 2.24) is 0 Å². The molecule has 0 heterocycles. The first-order valence-electron chi connectivity index (χ1n) is 9.56. The molecule has 146 valence electrons. The molecule has 4 heteroatoms. The van der Waals surface area contributed by atoms with E-state index in [1.807, 2.05) is 23.9 Å². The summed E-state index contributed by atoms with van der Waals surface area (Å²) in [7, 11) is -0.826. The van der Waals surface area contributed by atoms with Gasteiger partial charge < -0.3 is 5.11 Å². The van der Waals surface area contributed by atoms with E-state index in [9.17, 15) is 5.11 Å². The number of hydrogen-bond donors (Lipinski definition) is 1. The average molecular weight is 427 g/mol. The predicted octanol–water partition coefficient (Wildman–Crippen LogP) is 6.15. The Bertz CT molecular complexity index is 856. The number of thioether (sulfide) groups is 2. The van der Waals surface area contributed by atoms with Gasteiger partial charge >= 0.3 is 0 Å². The topological polar surface area (TPSA) is 20.2 Å². The molecule has 1 nitrogen and oxygen atoms in total. The predicted molar refractivity (Wildman–Crippen MR) is 129 cm³/mol. The van der Waals surface area contributed by atoms with E-state index < -0.39 is 7.92 Å². The quantitative estimate of drug-likeness (QED) is 0.361. The molecule has 1 N–H and O–H groups in total. The summed E-state index contributed by atoms with van der Waals surface area (Å²) in [5.74, 6) is 0.436. The third kappa shape index (κ3) is 5.35. The molecule has 0 spiro atoms. The van der Waals surface area contributed by atoms with Crippen LogP contribution < -0.4 is 15.9 Å². The van der Waals surface area contributed by atoms with Gasteiger partial charge in [0.15, 0.2) is 0 Å². The van der Waals surface area contributed by atoms with E-state index in [4.69, 9.17) is 0 Å². The van der Waals surface area contributed by atoms with Gasteiger partial charge in [0, 0.05) is 20.7 Å². The van der Waals surface area contributed by atoms with Crippen molar-refractivity contribution >= 4 is 47.4 Å². The van der Waals surface area contributed by atoms with Crippen LogP contribution >= 0.6 is 31.4 Å². The molecule has 28 heavy (non-hydrogen) atoms. The molecule has 0 aliphatic carbocycles. The molecular weight excluding hydrogens is 399 g/mol. The Morgan fingerprint density at radius 1 is 0.714 bits per heavy atom. The number of phenols is 1. The fraction of sp³-hybridized carbons (Fsp3) is 0.250. The molecule has 0 fully saturated rings. The summed E-state index contributed by atoms with van der Waals surface area (Å²) in [6, 6.07) is 25.5. The van der Waals surface area contributed by atoms with Crippen molar-refractivity contribution in [2.45, 2.75) is 48.0 Å². The first-order chi connectivity index (χ1) is 13.5. The van der Waals surface area contributed by atoms with E-state index in [1.165, 1.54) is 15.5 Å². The maximum absolute atomic E-state index is 11.3. The summed E-state index contributed by atoms with van der Waals surface area (Å²) in [5.41, 5.74) is 0. The van der Waals surface area contributed by atoms with Gasteiger partial charge in [-0.05, 0) is 30.7 Å². The first kappa shape index (κ1) is 21.3. The Hall–Kier alpha value is -1.41. The highest BCUT2D eigenvalue weighted by molar-refractivity contribution is 8.00. The molecule has 0 aliphatic heterocycles. The second-order valence-corrected chi connectivity index (χ2v) is 12.6. The Morgan fingerprint density at radius 3 is 1.68 bits per heavy atom. The minimum absolute atomic E-state index is 0.415. The van der Waals surface area contributed by atoms with Gasteiger partial charge in [-0.25, -0.2) is 0 Å². The van der Waals surface area contributed by atoms with Gasteiger partial charge in [-0.1, -0.05) is 88.4 Å². The van der Waals surface area contributed by atoms with Crippen LogP contribution in [0.1, 0.15) is 27.7 Å². The van der Waals surface area contributed by atoms with Gasteiger partial charge in [0.2, 0.25) is 0 Å². The van der Waals surface area contributed by atoms with Crippen molar-refractivity contribution < 1.29 is 5.11 Å². The zero-order valence-electron chi connectivity index (χ0n) is 16.8. The molecule has 0 unspecified atom stereocenters. The smallest absolute Gasteiger partial charge is 0.137 e. The van der Waals surface area contributed by atoms with Gasteiger partial charge in [0.25, 0.3) is 0 Å². The molecule has 3 rings (SSSR count). The van der Waals surface area contributed by atoms with Gasteiger partial charge in [0.1, 0.15) is 5.75 Å². The lowest BCUT2D eigenvalue weighted by atomic mass is 10.3. The van der Waals surface area contributed by atoms with Crippen LogP contribution in [0.5, 0.6) is 5.75 Å². The molecule has 0 amide bonds. The van der Waals surface area contributed by atoms with Gasteiger partial charge in [0.05, 0.1) is 4.90 Å². The first-order valence-corrected chi connectivity index (χ1v) is 12.7. The van der Waals surface area contributed by atoms with E-state index in [0.29, 0.717) is 16.2 Å². The van der Waals surface area contributed by atoms with Crippen molar-refractivity contribution in [2.24, 2.45) is 0 Å². The summed E-state index contributed by atoms with van der Waals surface area (Å²) in [4.78, 5) is 2.21. The third-order valence-electron chi connectivity index (χ3n) is 4.03. The molecule has 0 atom stereocenters. The average Bonchev–Trinajstić information content (AvgIpc) is 2.66. The number of aromatic hydroxyl groups is 1. The minimum Gasteiger partial charge on any atom is -0.506 e. The molecule has 3 aromatic carbocycles. The Balaban J connectivity index is 2.20. The molecule has 3 aromatic rings. The van der Waals surface area contributed by atoms with Crippen LogP contribution in [0.3, 0.4) is 0 Å². The number of phenolic OH excluding ortho intramolecular Hbond substituents is 1. The van der Waals surface area contributed by atoms with Crippen LogP contribution in [0.4, 0.5) is 0 Å². The van der Waals surface area contributed by atoms with Crippen molar-refractivity contribution in [3.63, 3.8) is 0 Å². The van der Waals surface area contributed by atoms with Crippen LogP contribution in [0.15, 0.2) is 82.6 Å². The van der Waals surface area contributed by atoms with Crippen LogP contribution in [-0.2, 0) is 0 Å². The van der Waals surface area contributed by atoms with Crippen LogP contribution in [0.2, 0.25) is 0 Å². The van der Waals surface area contributed by atoms with E-state index in [0.717, 1.165) is 10.2 Å². The monoisotopic (exact) mass is 426 g/mol. The fourth-order valence-electron chi connectivity index (χ4n) is 3.00. The van der Waals surface area contributed by atoms with Crippen molar-refractivity contribution in [2.75, 3.05) is 0 Å². The number of hydrogen-bond acceptors (Lipinski definition) is 3. The second-order valence-electron chi connectivity index (χ2n) is 7.13. The van der Waals surface area contributed by atoms with Crippen molar-refractivity contribution in [1.29, 1.82) is 0 Å². The van der Waals surface area contributed by atoms with E-state index in [1.54, 1.807) is 11.8 Å². The van der Waals surface area contributed by atoms with Crippen LogP contribution in [0, 0.1) is 0 Å². The lowest BCUT2D eigenvalue weighted by Gasteiger charge is -2.23. The SMILES string of the molecule is CC(C)Sc1cc(SC(C)C)c(O)c(P(c2ccccc2)c2ccccc2)c1. The van der Waals surface area contributed by atoms with Gasteiger partial charge in [-0.15, -0.1) is 23.5 Å². The Kier molecular flexibility index (Phi) is 7.51. The normalized spacial score (nSPS) is 11.5. The van der Waals surface area contributed by atoms with Crippen LogP contribution in [-0.4, -0.2) is 15.6 Å². The van der Waals surface area contributed by atoms with Gasteiger partial charge in [-0.3, -0.25) is 0 Å². The molecule has 0 bridgehead atoms. The molecular formula is C24H27OPS2. The summed E-state index contributed by atoms with van der Waals surface area (Å²) in [5, 5.41) is 15.7. The number of benzene rings is 3. The van der Waals surface area contributed by atoms with Crippen LogP contribution in [0.25, 0.3) is 0 Å². The van der Waals surface area contributed by atoms with E-state index in [-0.39, 0.29) is 0 Å². The summed E-state index contributed by atoms with van der Waals surface area (Å²) in [6.45, 7) is 8.76. The zero-order chi connectivity index (χ0) is 20.1. The maximum atomic E-state index is 11.3. The minimum atomic E-state index is -0.826. The molecule has 0 radical (unpaired) electrons. The lowest BCUT2D eigenvalue weighted by Crippen LogP contribution is -2.21. The zero-order valence-corrected chi connectivity index (χ0v) is 19.3. The van der Waals surface area contributed by atoms with Crippen molar-refractivity contribution in [3.05, 3.63) is 72.8 Å². The summed E-state index contributed by atoms with van der Waals surface area (Å²) in [6.07, 6.45) is 0. The van der Waals surface area contributed by atoms with E-state index >= 15 is 0 Å². The molecule has 0 saturated carbocycles. The highest BCUT2D eigenvalue weighted by Gasteiger charge is 2.23. The summed E-state index contributed by atoms with van der Waals surface area (Å²) < 4.78 is 0. The van der Waals surface area contributed by atoms with Crippen molar-refractivity contribution in [3.8, 4) is 5.75 Å². The maximum Gasteiger partial charge on any atom is 0.137 e. The molecule has 0 aliphatic rings. The highest BCUT2D eigenvalue weighted by atomic mass is 32.2. The van der Waals surface area contributed by atoms with E-state index in [2.05, 4.69) is 88.4 Å². The lowest BCUT2D eigenvalue weighted by molar-refractivity contribution is 0.466. The largest absolute Gasteiger partial charge is 0.506 e. The number of rotatable bonds is 7. The molecule has 0 saturated heterocycles. The Morgan fingerprint density at radius 2 is 1.21 bits per heavy atom. The van der Waals surface area contributed by atoms with Gasteiger partial charge in [-0.2, -0.15) is 0 Å². The second kappa shape index (κ2) is 9.87. The summed E-state index contributed by atoms with van der Waals surface area (Å²) >= 11 is 3.59. The highest BCUT2D eigenvalue weighted by Crippen LogP contribution is 2.43. The third-order valence-corrected chi connectivity index (χ3v) is 8.50. The standard InChI is InChI=1S/C24H27OPS2/c1-17(2)27-21-15-22(24(25)23(16-21)28-18(3)4)26(19-11-7-5-8-12-19)20-13-9-6-10-14-20/h5-18,25H,1-4H3. The fourth-order valence-corrected chi connectivity index (χ4v) is 7.48. The molecule has 0 aromatic heterocycles.